The number of para-hydroxylation sites is 3. The zero-order chi connectivity index (χ0) is 82.6. The van der Waals surface area contributed by atoms with E-state index in [1.807, 2.05) is 0 Å². The van der Waals surface area contributed by atoms with E-state index < -0.39 is 0 Å². The summed E-state index contributed by atoms with van der Waals surface area (Å²) in [7, 11) is 0. The fourth-order valence-corrected chi connectivity index (χ4v) is 20.1. The zero-order valence-electron chi connectivity index (χ0n) is 67.9. The average Bonchev–Trinajstić information content (AvgIpc) is 1.53. The van der Waals surface area contributed by atoms with Crippen molar-refractivity contribution in [3.63, 3.8) is 0 Å². The molecule has 0 unspecified atom stereocenters. The topological polar surface area (TPSA) is 97.1 Å². The minimum absolute atomic E-state index is 0.500. The molecule has 0 saturated carbocycles. The number of benzene rings is 20. The predicted octanol–water partition coefficient (Wildman–Crippen LogP) is 29.5. The first-order valence-corrected chi connectivity index (χ1v) is 42.8. The van der Waals surface area contributed by atoms with Gasteiger partial charge in [0.05, 0.1) is 49.8 Å². The van der Waals surface area contributed by atoms with Gasteiger partial charge in [0.1, 0.15) is 0 Å². The monoisotopic (exact) mass is 1600 g/mol. The lowest BCUT2D eigenvalue weighted by atomic mass is 9.93. The van der Waals surface area contributed by atoms with Gasteiger partial charge in [-0.2, -0.15) is 19.9 Å². The van der Waals surface area contributed by atoms with Crippen molar-refractivity contribution < 1.29 is 0 Å². The molecule has 0 aliphatic carbocycles. The third-order valence-corrected chi connectivity index (χ3v) is 25.8. The second kappa shape index (κ2) is 28.3. The first-order chi connectivity index (χ1) is 62.5. The first-order valence-electron chi connectivity index (χ1n) is 42.8. The van der Waals surface area contributed by atoms with Gasteiger partial charge in [0.2, 0.25) is 11.9 Å². The molecule has 26 rings (SSSR count). The molecule has 0 bridgehead atoms. The lowest BCUT2D eigenvalue weighted by Crippen LogP contribution is -2.07. The Balaban J connectivity index is 0.704. The molecule has 0 fully saturated rings. The van der Waals surface area contributed by atoms with Gasteiger partial charge in [0, 0.05) is 87.2 Å². The highest BCUT2D eigenvalue weighted by Crippen LogP contribution is 2.50. The fraction of sp³-hybridized carbons (Fsp3) is 0. The Labute approximate surface area is 722 Å². The van der Waals surface area contributed by atoms with E-state index in [9.17, 15) is 0 Å². The molecule has 0 N–H and O–H groups in total. The van der Waals surface area contributed by atoms with Crippen molar-refractivity contribution in [2.75, 3.05) is 0 Å². The van der Waals surface area contributed by atoms with Crippen LogP contribution in [0.15, 0.2) is 425 Å². The van der Waals surface area contributed by atoms with Gasteiger partial charge in [-0.3, -0.25) is 9.13 Å². The van der Waals surface area contributed by atoms with Crippen LogP contribution in [-0.4, -0.2) is 48.2 Å². The van der Waals surface area contributed by atoms with Gasteiger partial charge < -0.3 is 9.13 Å². The highest BCUT2D eigenvalue weighted by molar-refractivity contribution is 6.27. The van der Waals surface area contributed by atoms with Crippen molar-refractivity contribution in [2.24, 2.45) is 0 Å². The highest BCUT2D eigenvalue weighted by Gasteiger charge is 2.29. The number of rotatable bonds is 12. The van der Waals surface area contributed by atoms with E-state index in [0.29, 0.717) is 35.2 Å². The maximum absolute atomic E-state index is 5.82. The SMILES string of the molecule is c1ccc(-c2cccc(-c3nc(-c4cc(-c5ccccc5)cc(-c5cccc6c5c5ccc7ccccc7c5n6-c5c6ccccc6cc6c5c5ccccc5n6-c5nc(-c6ccccc6-c6ccccc6)nc(-c6cccc7ccccc67)n5)c4)nc(-n4c5ccccc5c5cc6cc(-n7c8ccccc8c8ccc9ccccc9c87)ccc6cc54)n3)c2)cc1. The molecule has 126 heavy (non-hydrogen) atoms. The Morgan fingerprint density at radius 2 is 0.595 bits per heavy atom. The summed E-state index contributed by atoms with van der Waals surface area (Å²) < 4.78 is 9.57. The molecule has 20 aromatic carbocycles. The summed E-state index contributed by atoms with van der Waals surface area (Å²) in [6, 6.07) is 153. The van der Waals surface area contributed by atoms with Crippen molar-refractivity contribution >= 4 is 141 Å². The summed E-state index contributed by atoms with van der Waals surface area (Å²) in [5, 5.41) is 20.1. The van der Waals surface area contributed by atoms with Crippen molar-refractivity contribution in [1.29, 1.82) is 0 Å². The molecule has 0 aliphatic rings. The summed E-state index contributed by atoms with van der Waals surface area (Å²) in [5.74, 6) is 3.22. The summed E-state index contributed by atoms with van der Waals surface area (Å²) in [4.78, 5) is 34.1. The lowest BCUT2D eigenvalue weighted by molar-refractivity contribution is 0.953. The van der Waals surface area contributed by atoms with E-state index in [-0.39, 0.29) is 0 Å². The Morgan fingerprint density at radius 1 is 0.159 bits per heavy atom. The molecule has 0 amide bonds. The van der Waals surface area contributed by atoms with Crippen LogP contribution in [0.1, 0.15) is 0 Å². The molecule has 6 aromatic heterocycles. The largest absolute Gasteiger partial charge is 0.309 e. The molecule has 0 saturated heterocycles. The van der Waals surface area contributed by atoms with Crippen molar-refractivity contribution in [2.45, 2.75) is 0 Å². The van der Waals surface area contributed by atoms with Crippen molar-refractivity contribution in [3.05, 3.63) is 425 Å². The zero-order valence-corrected chi connectivity index (χ0v) is 67.9. The Hall–Kier alpha value is -17.1. The van der Waals surface area contributed by atoms with Crippen LogP contribution >= 0.6 is 0 Å². The van der Waals surface area contributed by atoms with Crippen LogP contribution in [0, 0.1) is 0 Å². The normalized spacial score (nSPS) is 12.0. The van der Waals surface area contributed by atoms with Crippen molar-refractivity contribution in [3.8, 4) is 113 Å². The number of hydrogen-bond acceptors (Lipinski definition) is 6. The second-order valence-electron chi connectivity index (χ2n) is 32.8. The smallest absolute Gasteiger partial charge is 0.238 e. The van der Waals surface area contributed by atoms with Gasteiger partial charge in [0.25, 0.3) is 0 Å². The molecule has 6 heterocycles. The van der Waals surface area contributed by atoms with Gasteiger partial charge >= 0.3 is 0 Å². The van der Waals surface area contributed by atoms with Crippen molar-refractivity contribution in [1.82, 2.24) is 48.2 Å². The van der Waals surface area contributed by atoms with Gasteiger partial charge in [0.15, 0.2) is 23.3 Å². The molecular formula is C116H70N10. The summed E-state index contributed by atoms with van der Waals surface area (Å²) in [6.45, 7) is 0. The average molecular weight is 1600 g/mol. The molecule has 0 radical (unpaired) electrons. The van der Waals surface area contributed by atoms with Crippen LogP contribution in [0.4, 0.5) is 0 Å². The molecule has 584 valence electrons. The minimum atomic E-state index is 0.500. The lowest BCUT2D eigenvalue weighted by Gasteiger charge is -2.17. The van der Waals surface area contributed by atoms with Gasteiger partial charge in [-0.25, -0.2) is 9.97 Å². The van der Waals surface area contributed by atoms with E-state index in [1.54, 1.807) is 0 Å². The number of fused-ring (bicyclic) bond motifs is 19. The molecule has 10 nitrogen and oxygen atoms in total. The number of hydrogen-bond donors (Lipinski definition) is 0. The first kappa shape index (κ1) is 70.7. The minimum Gasteiger partial charge on any atom is -0.309 e. The second-order valence-corrected chi connectivity index (χ2v) is 32.8. The molecule has 10 heteroatoms. The van der Waals surface area contributed by atoms with Gasteiger partial charge in [-0.1, -0.05) is 346 Å². The number of nitrogens with zero attached hydrogens (tertiary/aromatic N) is 10. The molecule has 26 aromatic rings. The van der Waals surface area contributed by atoms with Crippen LogP contribution in [0.2, 0.25) is 0 Å². The maximum Gasteiger partial charge on any atom is 0.238 e. The Kier molecular flexibility index (Phi) is 15.9. The molecule has 0 spiro atoms. The maximum atomic E-state index is 5.82. The third kappa shape index (κ3) is 11.2. The quantitative estimate of drug-likeness (QED) is 0.121. The van der Waals surface area contributed by atoms with E-state index in [1.165, 1.54) is 32.6 Å². The van der Waals surface area contributed by atoms with Crippen LogP contribution < -0.4 is 0 Å². The van der Waals surface area contributed by atoms with E-state index >= 15 is 0 Å². The summed E-state index contributed by atoms with van der Waals surface area (Å²) >= 11 is 0. The van der Waals surface area contributed by atoms with Crippen LogP contribution in [0.3, 0.4) is 0 Å². The predicted molar refractivity (Wildman–Crippen MR) is 522 cm³/mol. The van der Waals surface area contributed by atoms with E-state index in [2.05, 4.69) is 443 Å². The van der Waals surface area contributed by atoms with Crippen LogP contribution in [0.25, 0.3) is 254 Å². The van der Waals surface area contributed by atoms with Crippen LogP contribution in [-0.2, 0) is 0 Å². The third-order valence-electron chi connectivity index (χ3n) is 25.8. The van der Waals surface area contributed by atoms with Gasteiger partial charge in [-0.15, -0.1) is 0 Å². The van der Waals surface area contributed by atoms with E-state index in [4.69, 9.17) is 29.9 Å². The van der Waals surface area contributed by atoms with Gasteiger partial charge in [-0.05, 0) is 161 Å². The Morgan fingerprint density at radius 3 is 1.32 bits per heavy atom. The van der Waals surface area contributed by atoms with E-state index in [0.717, 1.165) is 187 Å². The Bertz CT molecular complexity index is 9050. The summed E-state index contributed by atoms with van der Waals surface area (Å²) in [6.07, 6.45) is 0. The standard InChI is InChI=1S/C116H70N10/c1-4-29-71(30-5-1)77-40-26-41-80(63-77)111-117-112(120-115(119-111)124-101-54-24-21-48-93(101)99-68-82-67-85(60-57-78(82)69-104(99)124)123-100-53-23-20-47-92(100)94-61-58-75-36-11-15-44-89(75)108(94)123)84-65-81(72-31-6-2-7-32-72)64-83(66-84)88-51-28-56-103-106(88)98-62-59-76-37-12-16-45-90(76)109(98)126(103)110-91-46-17-13-38-79(91)70-105-107(110)97-50-22-25-55-102(97)125(105)116-121-113(95-49-19-18-43-86(95)73-33-8-3-9-34-73)118-114(122-116)96-52-27-39-74-35-10-14-42-87(74)96/h1-70H. The highest BCUT2D eigenvalue weighted by atomic mass is 15.2. The fourth-order valence-electron chi connectivity index (χ4n) is 20.1. The molecule has 0 aliphatic heterocycles. The molecule has 0 atom stereocenters. The summed E-state index contributed by atoms with van der Waals surface area (Å²) in [5.41, 5.74) is 22.4. The van der Waals surface area contributed by atoms with Crippen LogP contribution in [0.5, 0.6) is 0 Å². The molecular weight excluding hydrogens is 1530 g/mol. The number of aromatic nitrogens is 10.